The fourth-order valence-electron chi connectivity index (χ4n) is 2.00. The van der Waals surface area contributed by atoms with E-state index in [4.69, 9.17) is 9.84 Å². The molecular weight excluding hydrogens is 282 g/mol. The number of carbonyl (C=O) groups is 2. The van der Waals surface area contributed by atoms with E-state index >= 15 is 0 Å². The van der Waals surface area contributed by atoms with Crippen LogP contribution in [0.15, 0.2) is 24.3 Å². The molecule has 5 heteroatoms. The van der Waals surface area contributed by atoms with E-state index in [1.807, 2.05) is 12.1 Å². The van der Waals surface area contributed by atoms with E-state index in [1.54, 1.807) is 30.9 Å². The van der Waals surface area contributed by atoms with Gasteiger partial charge in [0.25, 0.3) is 0 Å². The highest BCUT2D eigenvalue weighted by molar-refractivity contribution is 5.91. The molecule has 1 amide bonds. The monoisotopic (exact) mass is 307 g/mol. The van der Waals surface area contributed by atoms with Gasteiger partial charge in [-0.05, 0) is 37.6 Å². The van der Waals surface area contributed by atoms with Gasteiger partial charge in [0.05, 0.1) is 5.92 Å². The van der Waals surface area contributed by atoms with Crippen LogP contribution in [0.4, 0.5) is 5.69 Å². The third kappa shape index (κ3) is 5.76. The van der Waals surface area contributed by atoms with Crippen molar-refractivity contribution in [2.75, 3.05) is 18.1 Å². The molecule has 0 aliphatic carbocycles. The van der Waals surface area contributed by atoms with Gasteiger partial charge in [-0.1, -0.05) is 19.8 Å². The number of nitrogens with zero attached hydrogens (tertiary/aromatic N) is 1. The second-order valence-corrected chi connectivity index (χ2v) is 5.42. The second-order valence-electron chi connectivity index (χ2n) is 5.42. The molecule has 1 N–H and O–H groups in total. The number of anilines is 1. The minimum atomic E-state index is -0.879. The number of carbonyl (C=O) groups excluding carboxylic acids is 1. The summed E-state index contributed by atoms with van der Waals surface area (Å²) < 4.78 is 5.44. The number of hydrogen-bond acceptors (Lipinski definition) is 3. The quantitative estimate of drug-likeness (QED) is 0.711. The summed E-state index contributed by atoms with van der Waals surface area (Å²) in [6.45, 7) is 6.12. The zero-order valence-corrected chi connectivity index (χ0v) is 13.5. The Morgan fingerprint density at radius 1 is 1.23 bits per heavy atom. The Morgan fingerprint density at radius 3 is 2.36 bits per heavy atom. The van der Waals surface area contributed by atoms with Crippen LogP contribution >= 0.6 is 0 Å². The van der Waals surface area contributed by atoms with Crippen LogP contribution in [-0.4, -0.2) is 30.1 Å². The van der Waals surface area contributed by atoms with Crippen molar-refractivity contribution in [2.24, 2.45) is 5.92 Å². The van der Waals surface area contributed by atoms with Crippen molar-refractivity contribution >= 4 is 17.6 Å². The number of rotatable bonds is 9. The highest BCUT2D eigenvalue weighted by Crippen LogP contribution is 2.21. The van der Waals surface area contributed by atoms with Gasteiger partial charge in [0.2, 0.25) is 5.91 Å². The molecule has 1 aromatic rings. The van der Waals surface area contributed by atoms with E-state index in [0.29, 0.717) is 12.3 Å². The van der Waals surface area contributed by atoms with Crippen molar-refractivity contribution in [3.63, 3.8) is 0 Å². The van der Waals surface area contributed by atoms with Gasteiger partial charge < -0.3 is 14.7 Å². The van der Waals surface area contributed by atoms with Crippen LogP contribution in [-0.2, 0) is 9.59 Å². The molecule has 0 saturated heterocycles. The summed E-state index contributed by atoms with van der Waals surface area (Å²) in [5.41, 5.74) is 0.835. The van der Waals surface area contributed by atoms with Crippen molar-refractivity contribution in [3.05, 3.63) is 24.3 Å². The Kier molecular flexibility index (Phi) is 7.43. The first-order valence-electron chi connectivity index (χ1n) is 7.69. The van der Waals surface area contributed by atoms with E-state index in [2.05, 4.69) is 6.92 Å². The first kappa shape index (κ1) is 18.0. The number of carboxylic acid groups (broad SMARTS) is 1. The van der Waals surface area contributed by atoms with Crippen molar-refractivity contribution in [1.82, 2.24) is 0 Å². The van der Waals surface area contributed by atoms with Crippen LogP contribution in [0, 0.1) is 5.92 Å². The van der Waals surface area contributed by atoms with E-state index < -0.39 is 11.9 Å². The molecule has 0 saturated carbocycles. The standard InChI is InChI=1S/C17H25NO4/c1-4-5-6-11-18(14(3)19)15-7-9-16(10-8-15)22-12-13(2)17(20)21/h7-10,13H,4-6,11-12H2,1-3H3,(H,20,21). The van der Waals surface area contributed by atoms with Crippen LogP contribution in [0.25, 0.3) is 0 Å². The van der Waals surface area contributed by atoms with Crippen molar-refractivity contribution in [2.45, 2.75) is 40.0 Å². The molecule has 0 radical (unpaired) electrons. The number of hydrogen-bond donors (Lipinski definition) is 1. The predicted molar refractivity (Wildman–Crippen MR) is 86.3 cm³/mol. The predicted octanol–water partition coefficient (Wildman–Crippen LogP) is 3.33. The number of aliphatic carboxylic acids is 1. The average Bonchev–Trinajstić information content (AvgIpc) is 2.49. The van der Waals surface area contributed by atoms with E-state index in [-0.39, 0.29) is 12.5 Å². The molecule has 1 unspecified atom stereocenters. The lowest BCUT2D eigenvalue weighted by molar-refractivity contribution is -0.142. The Balaban J connectivity index is 2.64. The summed E-state index contributed by atoms with van der Waals surface area (Å²) in [6.07, 6.45) is 3.18. The van der Waals surface area contributed by atoms with Crippen molar-refractivity contribution in [1.29, 1.82) is 0 Å². The largest absolute Gasteiger partial charge is 0.493 e. The number of benzene rings is 1. The first-order chi connectivity index (χ1) is 10.5. The lowest BCUT2D eigenvalue weighted by Crippen LogP contribution is -2.29. The summed E-state index contributed by atoms with van der Waals surface area (Å²) in [6, 6.07) is 7.18. The van der Waals surface area contributed by atoms with Gasteiger partial charge in [0.15, 0.2) is 0 Å². The van der Waals surface area contributed by atoms with Crippen LogP contribution in [0.5, 0.6) is 5.75 Å². The van der Waals surface area contributed by atoms with Crippen molar-refractivity contribution in [3.8, 4) is 5.75 Å². The number of ether oxygens (including phenoxy) is 1. The summed E-state index contributed by atoms with van der Waals surface area (Å²) in [4.78, 5) is 24.2. The molecular formula is C17H25NO4. The normalized spacial score (nSPS) is 11.8. The first-order valence-corrected chi connectivity index (χ1v) is 7.69. The third-order valence-electron chi connectivity index (χ3n) is 3.44. The van der Waals surface area contributed by atoms with Gasteiger partial charge in [-0.2, -0.15) is 0 Å². The van der Waals surface area contributed by atoms with Crippen LogP contribution < -0.4 is 9.64 Å². The Hall–Kier alpha value is -2.04. The minimum Gasteiger partial charge on any atom is -0.493 e. The zero-order valence-electron chi connectivity index (χ0n) is 13.5. The molecule has 22 heavy (non-hydrogen) atoms. The Bertz CT molecular complexity index is 484. The topological polar surface area (TPSA) is 66.8 Å². The zero-order chi connectivity index (χ0) is 16.5. The molecule has 122 valence electrons. The summed E-state index contributed by atoms with van der Waals surface area (Å²) in [7, 11) is 0. The van der Waals surface area contributed by atoms with Gasteiger partial charge in [-0.15, -0.1) is 0 Å². The Labute approximate surface area is 131 Å². The number of carboxylic acids is 1. The van der Waals surface area contributed by atoms with Gasteiger partial charge in [-0.25, -0.2) is 0 Å². The summed E-state index contributed by atoms with van der Waals surface area (Å²) in [5, 5.41) is 8.82. The fraction of sp³-hybridized carbons (Fsp3) is 0.529. The molecule has 0 aliphatic rings. The molecule has 0 aromatic heterocycles. The van der Waals surface area contributed by atoms with Crippen LogP contribution in [0.1, 0.15) is 40.0 Å². The van der Waals surface area contributed by atoms with Gasteiger partial charge in [0.1, 0.15) is 12.4 Å². The summed E-state index contributed by atoms with van der Waals surface area (Å²) in [5.74, 6) is -0.809. The molecule has 1 atom stereocenters. The van der Waals surface area contributed by atoms with Gasteiger partial charge in [0, 0.05) is 19.2 Å². The highest BCUT2D eigenvalue weighted by atomic mass is 16.5. The molecule has 5 nitrogen and oxygen atoms in total. The molecule has 0 bridgehead atoms. The number of unbranched alkanes of at least 4 members (excludes halogenated alkanes) is 2. The molecule has 1 rings (SSSR count). The lowest BCUT2D eigenvalue weighted by Gasteiger charge is -2.21. The van der Waals surface area contributed by atoms with Gasteiger partial charge >= 0.3 is 5.97 Å². The van der Waals surface area contributed by atoms with Crippen LogP contribution in [0.2, 0.25) is 0 Å². The molecule has 0 heterocycles. The maximum absolute atomic E-state index is 11.7. The smallest absolute Gasteiger partial charge is 0.309 e. The SMILES string of the molecule is CCCCCN(C(C)=O)c1ccc(OCC(C)C(=O)O)cc1. The van der Waals surface area contributed by atoms with Crippen molar-refractivity contribution < 1.29 is 19.4 Å². The van der Waals surface area contributed by atoms with E-state index in [9.17, 15) is 9.59 Å². The molecule has 1 aromatic carbocycles. The second kappa shape index (κ2) is 9.07. The Morgan fingerprint density at radius 2 is 1.86 bits per heavy atom. The maximum Gasteiger partial charge on any atom is 0.309 e. The number of amides is 1. The molecule has 0 fully saturated rings. The van der Waals surface area contributed by atoms with E-state index in [0.717, 1.165) is 24.9 Å². The summed E-state index contributed by atoms with van der Waals surface area (Å²) >= 11 is 0. The molecule has 0 aliphatic heterocycles. The average molecular weight is 307 g/mol. The third-order valence-corrected chi connectivity index (χ3v) is 3.44. The fourth-order valence-corrected chi connectivity index (χ4v) is 2.00. The highest BCUT2D eigenvalue weighted by Gasteiger charge is 2.13. The lowest BCUT2D eigenvalue weighted by atomic mass is 10.2. The minimum absolute atomic E-state index is 0.0178. The van der Waals surface area contributed by atoms with E-state index in [1.165, 1.54) is 0 Å². The maximum atomic E-state index is 11.7. The van der Waals surface area contributed by atoms with Crippen LogP contribution in [0.3, 0.4) is 0 Å². The van der Waals surface area contributed by atoms with Gasteiger partial charge in [-0.3, -0.25) is 9.59 Å². The molecule has 0 spiro atoms.